The Morgan fingerprint density at radius 1 is 1.00 bits per heavy atom. The summed E-state index contributed by atoms with van der Waals surface area (Å²) >= 11 is 0. The minimum Gasteiger partial charge on any atom is -0.507 e. The summed E-state index contributed by atoms with van der Waals surface area (Å²) in [7, 11) is 0. The molecule has 6 nitrogen and oxygen atoms in total. The second kappa shape index (κ2) is 4.70. The number of phenolic OH excluding ortho intramolecular Hbond substituents is 4. The van der Waals surface area contributed by atoms with Gasteiger partial charge in [-0.3, -0.25) is 4.79 Å². The van der Waals surface area contributed by atoms with E-state index in [4.69, 9.17) is 4.74 Å². The van der Waals surface area contributed by atoms with Crippen molar-refractivity contribution in [1.82, 2.24) is 0 Å². The number of phenols is 4. The standard InChI is InChI=1S/C16H12O6/c1-7-10(18)6-12-14(15(7)20)16(21)13(22-12)5-8-2-3-9(17)11(19)4-8/h2-6,17-20H,1H3/b13-5-. The quantitative estimate of drug-likeness (QED) is 0.476. The molecule has 0 amide bonds. The summed E-state index contributed by atoms with van der Waals surface area (Å²) in [6.07, 6.45) is 1.37. The lowest BCUT2D eigenvalue weighted by Crippen LogP contribution is -1.98. The monoisotopic (exact) mass is 300 g/mol. The second-order valence-corrected chi connectivity index (χ2v) is 4.93. The molecule has 1 heterocycles. The maximum Gasteiger partial charge on any atom is 0.235 e. The fraction of sp³-hybridized carbons (Fsp3) is 0.0625. The van der Waals surface area contributed by atoms with E-state index in [1.807, 2.05) is 0 Å². The highest BCUT2D eigenvalue weighted by Gasteiger charge is 2.32. The maximum atomic E-state index is 12.3. The highest BCUT2D eigenvalue weighted by atomic mass is 16.5. The van der Waals surface area contributed by atoms with Gasteiger partial charge in [-0.1, -0.05) is 6.07 Å². The minimum atomic E-state index is -0.525. The van der Waals surface area contributed by atoms with Crippen LogP contribution < -0.4 is 4.74 Å². The van der Waals surface area contributed by atoms with Crippen molar-refractivity contribution in [3.05, 3.63) is 46.7 Å². The predicted molar refractivity (Wildman–Crippen MR) is 77.2 cm³/mol. The fourth-order valence-corrected chi connectivity index (χ4v) is 2.19. The molecular weight excluding hydrogens is 288 g/mol. The number of hydrogen-bond acceptors (Lipinski definition) is 6. The normalized spacial score (nSPS) is 15.0. The largest absolute Gasteiger partial charge is 0.507 e. The third-order valence-electron chi connectivity index (χ3n) is 3.46. The molecule has 2 aromatic carbocycles. The first-order chi connectivity index (χ1) is 10.4. The van der Waals surface area contributed by atoms with Gasteiger partial charge in [0, 0.05) is 11.6 Å². The molecule has 1 aliphatic rings. The average Bonchev–Trinajstić information content (AvgIpc) is 2.77. The highest BCUT2D eigenvalue weighted by molar-refractivity contribution is 6.16. The summed E-state index contributed by atoms with van der Waals surface area (Å²) in [5.41, 5.74) is 0.621. The van der Waals surface area contributed by atoms with Crippen LogP contribution in [-0.4, -0.2) is 26.2 Å². The summed E-state index contributed by atoms with van der Waals surface area (Å²) in [6.45, 7) is 1.48. The first kappa shape index (κ1) is 13.8. The van der Waals surface area contributed by atoms with Crippen LogP contribution in [0.5, 0.6) is 28.7 Å². The number of carbonyl (C=O) groups is 1. The lowest BCUT2D eigenvalue weighted by molar-refractivity contribution is 0.101. The van der Waals surface area contributed by atoms with Crippen LogP contribution in [0.2, 0.25) is 0 Å². The van der Waals surface area contributed by atoms with Gasteiger partial charge in [-0.25, -0.2) is 0 Å². The zero-order chi connectivity index (χ0) is 16.0. The van der Waals surface area contributed by atoms with Crippen LogP contribution in [0.1, 0.15) is 21.5 Å². The molecule has 0 aliphatic carbocycles. The van der Waals surface area contributed by atoms with Crippen molar-refractivity contribution >= 4 is 11.9 Å². The van der Waals surface area contributed by atoms with Gasteiger partial charge in [-0.05, 0) is 30.7 Å². The first-order valence-electron chi connectivity index (χ1n) is 6.40. The van der Waals surface area contributed by atoms with Crippen molar-refractivity contribution in [2.45, 2.75) is 6.92 Å². The number of Topliss-reactive ketones (excluding diaryl/α,β-unsaturated/α-hetero) is 1. The average molecular weight is 300 g/mol. The van der Waals surface area contributed by atoms with Crippen molar-refractivity contribution in [3.8, 4) is 28.7 Å². The van der Waals surface area contributed by atoms with Gasteiger partial charge in [0.15, 0.2) is 17.3 Å². The number of benzene rings is 2. The molecule has 0 radical (unpaired) electrons. The van der Waals surface area contributed by atoms with E-state index in [9.17, 15) is 25.2 Å². The molecule has 0 unspecified atom stereocenters. The van der Waals surface area contributed by atoms with Crippen molar-refractivity contribution in [3.63, 3.8) is 0 Å². The van der Waals surface area contributed by atoms with Crippen molar-refractivity contribution in [1.29, 1.82) is 0 Å². The lowest BCUT2D eigenvalue weighted by Gasteiger charge is -2.05. The summed E-state index contributed by atoms with van der Waals surface area (Å²) in [6, 6.07) is 5.30. The smallest absolute Gasteiger partial charge is 0.235 e. The summed E-state index contributed by atoms with van der Waals surface area (Å²) in [4.78, 5) is 12.3. The molecule has 3 rings (SSSR count). The Hall–Kier alpha value is -3.15. The Morgan fingerprint density at radius 3 is 2.41 bits per heavy atom. The molecule has 0 aromatic heterocycles. The van der Waals surface area contributed by atoms with E-state index in [1.54, 1.807) is 0 Å². The van der Waals surface area contributed by atoms with E-state index in [0.717, 1.165) is 0 Å². The third kappa shape index (κ3) is 2.01. The van der Waals surface area contributed by atoms with Crippen LogP contribution in [0.3, 0.4) is 0 Å². The molecule has 0 fully saturated rings. The van der Waals surface area contributed by atoms with E-state index in [-0.39, 0.29) is 45.6 Å². The fourth-order valence-electron chi connectivity index (χ4n) is 2.19. The Balaban J connectivity index is 2.05. The zero-order valence-corrected chi connectivity index (χ0v) is 11.5. The van der Waals surface area contributed by atoms with Crippen LogP contribution >= 0.6 is 0 Å². The minimum absolute atomic E-state index is 0.00968. The van der Waals surface area contributed by atoms with Gasteiger partial charge < -0.3 is 25.2 Å². The number of ketones is 1. The van der Waals surface area contributed by atoms with E-state index in [1.165, 1.54) is 37.3 Å². The van der Waals surface area contributed by atoms with E-state index < -0.39 is 5.78 Å². The highest BCUT2D eigenvalue weighted by Crippen LogP contribution is 2.43. The van der Waals surface area contributed by atoms with Gasteiger partial charge in [-0.15, -0.1) is 0 Å². The SMILES string of the molecule is Cc1c(O)cc2c(c1O)C(=O)/C(=C/c1ccc(O)c(O)c1)O2. The molecule has 0 bridgehead atoms. The second-order valence-electron chi connectivity index (χ2n) is 4.93. The van der Waals surface area contributed by atoms with Crippen LogP contribution in [0.15, 0.2) is 30.0 Å². The molecule has 6 heteroatoms. The maximum absolute atomic E-state index is 12.3. The Kier molecular flexibility index (Phi) is 2.95. The molecule has 0 spiro atoms. The topological polar surface area (TPSA) is 107 Å². The van der Waals surface area contributed by atoms with Gasteiger partial charge in [0.25, 0.3) is 0 Å². The number of allylic oxidation sites excluding steroid dienone is 1. The molecule has 2 aromatic rings. The molecule has 112 valence electrons. The van der Waals surface area contributed by atoms with Crippen molar-refractivity contribution in [2.24, 2.45) is 0 Å². The van der Waals surface area contributed by atoms with E-state index >= 15 is 0 Å². The molecule has 0 atom stereocenters. The van der Waals surface area contributed by atoms with Gasteiger partial charge in [-0.2, -0.15) is 0 Å². The molecule has 4 N–H and O–H groups in total. The number of hydrogen-bond donors (Lipinski definition) is 4. The first-order valence-corrected chi connectivity index (χ1v) is 6.40. The van der Waals surface area contributed by atoms with Crippen molar-refractivity contribution in [2.75, 3.05) is 0 Å². The molecular formula is C16H12O6. The lowest BCUT2D eigenvalue weighted by atomic mass is 10.0. The van der Waals surface area contributed by atoms with Crippen LogP contribution in [-0.2, 0) is 0 Å². The number of carbonyl (C=O) groups excluding carboxylic acids is 1. The summed E-state index contributed by atoms with van der Waals surface area (Å²) in [5, 5.41) is 38.4. The van der Waals surface area contributed by atoms with Crippen molar-refractivity contribution < 1.29 is 30.0 Å². The number of ether oxygens (including phenoxy) is 1. The number of aromatic hydroxyl groups is 4. The molecule has 0 saturated carbocycles. The molecule has 0 saturated heterocycles. The Bertz CT molecular complexity index is 835. The van der Waals surface area contributed by atoms with Crippen LogP contribution in [0.25, 0.3) is 6.08 Å². The number of fused-ring (bicyclic) bond motifs is 1. The van der Waals surface area contributed by atoms with Gasteiger partial charge in [0.2, 0.25) is 5.78 Å². The van der Waals surface area contributed by atoms with Gasteiger partial charge in [0.1, 0.15) is 22.8 Å². The Morgan fingerprint density at radius 2 is 1.73 bits per heavy atom. The molecule has 22 heavy (non-hydrogen) atoms. The third-order valence-corrected chi connectivity index (χ3v) is 3.46. The van der Waals surface area contributed by atoms with Gasteiger partial charge in [0.05, 0.1) is 0 Å². The molecule has 1 aliphatic heterocycles. The zero-order valence-electron chi connectivity index (χ0n) is 11.5. The van der Waals surface area contributed by atoms with Crippen LogP contribution in [0.4, 0.5) is 0 Å². The van der Waals surface area contributed by atoms with E-state index in [0.29, 0.717) is 5.56 Å². The summed E-state index contributed by atoms with van der Waals surface area (Å²) in [5.74, 6) is -1.61. The number of rotatable bonds is 1. The summed E-state index contributed by atoms with van der Waals surface area (Å²) < 4.78 is 5.36. The Labute approximate surface area is 125 Å². The predicted octanol–water partition coefficient (Wildman–Crippen LogP) is 2.43. The van der Waals surface area contributed by atoms with Gasteiger partial charge >= 0.3 is 0 Å². The van der Waals surface area contributed by atoms with Crippen LogP contribution in [0, 0.1) is 6.92 Å². The van der Waals surface area contributed by atoms with E-state index in [2.05, 4.69) is 0 Å².